The highest BCUT2D eigenvalue weighted by molar-refractivity contribution is 7.90. The molecule has 0 aliphatic carbocycles. The zero-order valence-electron chi connectivity index (χ0n) is 21.5. The smallest absolute Gasteiger partial charge is 0.265 e. The van der Waals surface area contributed by atoms with Crippen LogP contribution in [-0.2, 0) is 21.2 Å². The minimum Gasteiger partial charge on any atom is -0.493 e. The SMILES string of the molecule is Cc1cc(NC(C)CCCC(=O)NS(=O)(=O)c2ccccc2Cl)cc(OCCc2ccc(/C=N\N)cc2)c1. The third kappa shape index (κ3) is 9.08. The summed E-state index contributed by atoms with van der Waals surface area (Å²) in [6, 6.07) is 20.0. The maximum Gasteiger partial charge on any atom is 0.265 e. The Hall–Kier alpha value is -3.56. The Kier molecular flexibility index (Phi) is 10.6. The first-order chi connectivity index (χ1) is 18.2. The highest BCUT2D eigenvalue weighted by Crippen LogP contribution is 2.23. The lowest BCUT2D eigenvalue weighted by Crippen LogP contribution is -2.30. The Balaban J connectivity index is 1.44. The number of ether oxygens (including phenoxy) is 1. The molecule has 0 saturated carbocycles. The van der Waals surface area contributed by atoms with Gasteiger partial charge in [0.05, 0.1) is 17.8 Å². The molecule has 202 valence electrons. The third-order valence-electron chi connectivity index (χ3n) is 5.74. The van der Waals surface area contributed by atoms with Crippen molar-refractivity contribution in [3.63, 3.8) is 0 Å². The van der Waals surface area contributed by atoms with Gasteiger partial charge in [-0.05, 0) is 67.6 Å². The second-order valence-corrected chi connectivity index (χ2v) is 11.1. The molecule has 1 amide bonds. The van der Waals surface area contributed by atoms with Crippen LogP contribution in [-0.4, -0.2) is 33.2 Å². The Morgan fingerprint density at radius 2 is 1.87 bits per heavy atom. The number of benzene rings is 3. The lowest BCUT2D eigenvalue weighted by atomic mass is 10.1. The first-order valence-electron chi connectivity index (χ1n) is 12.3. The number of sulfonamides is 1. The average molecular weight is 557 g/mol. The molecule has 0 radical (unpaired) electrons. The van der Waals surface area contributed by atoms with Crippen molar-refractivity contribution in [2.45, 2.75) is 50.5 Å². The number of amides is 1. The second-order valence-electron chi connectivity index (χ2n) is 9.05. The molecule has 0 heterocycles. The van der Waals surface area contributed by atoms with Crippen LogP contribution >= 0.6 is 11.6 Å². The number of nitrogens with one attached hydrogen (secondary N) is 2. The van der Waals surface area contributed by atoms with E-state index >= 15 is 0 Å². The highest BCUT2D eigenvalue weighted by Gasteiger charge is 2.20. The molecular weight excluding hydrogens is 524 g/mol. The van der Waals surface area contributed by atoms with Crippen molar-refractivity contribution in [3.05, 3.63) is 88.4 Å². The summed E-state index contributed by atoms with van der Waals surface area (Å²) >= 11 is 5.95. The number of hydrogen-bond donors (Lipinski definition) is 3. The number of carbonyl (C=O) groups is 1. The summed E-state index contributed by atoms with van der Waals surface area (Å²) in [5, 5.41) is 7.03. The molecule has 1 atom stereocenters. The number of nitrogens with two attached hydrogens (primary N) is 1. The fraction of sp³-hybridized carbons (Fsp3) is 0.286. The van der Waals surface area contributed by atoms with E-state index in [1.807, 2.05) is 56.3 Å². The van der Waals surface area contributed by atoms with E-state index in [-0.39, 0.29) is 22.4 Å². The van der Waals surface area contributed by atoms with E-state index in [9.17, 15) is 13.2 Å². The predicted octanol–water partition coefficient (Wildman–Crippen LogP) is 5.04. The Bertz CT molecular complexity index is 1360. The van der Waals surface area contributed by atoms with Gasteiger partial charge in [0.15, 0.2) is 0 Å². The minimum absolute atomic E-state index is 0.0631. The topological polar surface area (TPSA) is 123 Å². The molecule has 0 aliphatic rings. The molecule has 3 rings (SSSR count). The molecule has 38 heavy (non-hydrogen) atoms. The zero-order valence-corrected chi connectivity index (χ0v) is 23.1. The van der Waals surface area contributed by atoms with E-state index in [0.29, 0.717) is 19.4 Å². The number of anilines is 1. The molecule has 4 N–H and O–H groups in total. The first-order valence-corrected chi connectivity index (χ1v) is 14.2. The van der Waals surface area contributed by atoms with Crippen molar-refractivity contribution in [2.75, 3.05) is 11.9 Å². The van der Waals surface area contributed by atoms with Crippen LogP contribution in [0.2, 0.25) is 5.02 Å². The summed E-state index contributed by atoms with van der Waals surface area (Å²) in [5.74, 6) is 5.39. The fourth-order valence-electron chi connectivity index (χ4n) is 3.90. The van der Waals surface area contributed by atoms with E-state index < -0.39 is 15.9 Å². The number of halogens is 1. The molecule has 0 saturated heterocycles. The first kappa shape index (κ1) is 29.0. The van der Waals surface area contributed by atoms with Gasteiger partial charge in [0.2, 0.25) is 5.91 Å². The number of carbonyl (C=O) groups excluding carboxylic acids is 1. The van der Waals surface area contributed by atoms with E-state index in [0.717, 1.165) is 34.5 Å². The largest absolute Gasteiger partial charge is 0.493 e. The van der Waals surface area contributed by atoms with Crippen molar-refractivity contribution in [1.29, 1.82) is 0 Å². The maximum absolute atomic E-state index is 12.4. The monoisotopic (exact) mass is 556 g/mol. The molecule has 0 aromatic heterocycles. The van der Waals surface area contributed by atoms with Crippen molar-refractivity contribution >= 4 is 39.4 Å². The van der Waals surface area contributed by atoms with E-state index in [4.69, 9.17) is 22.2 Å². The van der Waals surface area contributed by atoms with Crippen LogP contribution in [0.5, 0.6) is 5.75 Å². The molecule has 0 bridgehead atoms. The highest BCUT2D eigenvalue weighted by atomic mass is 35.5. The van der Waals surface area contributed by atoms with Gasteiger partial charge in [0, 0.05) is 30.6 Å². The predicted molar refractivity (Wildman–Crippen MR) is 152 cm³/mol. The van der Waals surface area contributed by atoms with Crippen molar-refractivity contribution in [3.8, 4) is 5.75 Å². The molecule has 3 aromatic rings. The second kappa shape index (κ2) is 13.8. The minimum atomic E-state index is -4.00. The van der Waals surface area contributed by atoms with Gasteiger partial charge in [-0.25, -0.2) is 13.1 Å². The van der Waals surface area contributed by atoms with Crippen molar-refractivity contribution in [1.82, 2.24) is 4.72 Å². The molecular formula is C28H33ClN4O4S. The van der Waals surface area contributed by atoms with Crippen LogP contribution in [0.15, 0.2) is 76.7 Å². The lowest BCUT2D eigenvalue weighted by molar-refractivity contribution is -0.119. The fourth-order valence-corrected chi connectivity index (χ4v) is 5.44. The quantitative estimate of drug-likeness (QED) is 0.154. The van der Waals surface area contributed by atoms with Gasteiger partial charge in [-0.15, -0.1) is 0 Å². The summed E-state index contributed by atoms with van der Waals surface area (Å²) in [6.45, 7) is 4.56. The van der Waals surface area contributed by atoms with E-state index in [2.05, 4.69) is 15.1 Å². The summed E-state index contributed by atoms with van der Waals surface area (Å²) < 4.78 is 32.9. The van der Waals surface area contributed by atoms with Crippen LogP contribution in [0.3, 0.4) is 0 Å². The molecule has 3 aromatic carbocycles. The Morgan fingerprint density at radius 3 is 2.58 bits per heavy atom. The molecule has 0 spiro atoms. The number of hydrogen-bond acceptors (Lipinski definition) is 7. The van der Waals surface area contributed by atoms with Gasteiger partial charge >= 0.3 is 0 Å². The van der Waals surface area contributed by atoms with E-state index in [1.54, 1.807) is 18.3 Å². The molecule has 8 nitrogen and oxygen atoms in total. The summed E-state index contributed by atoms with van der Waals surface area (Å²) in [7, 11) is -4.00. The summed E-state index contributed by atoms with van der Waals surface area (Å²) in [6.07, 6.45) is 3.64. The van der Waals surface area contributed by atoms with Crippen molar-refractivity contribution in [2.24, 2.45) is 10.9 Å². The molecule has 0 aliphatic heterocycles. The average Bonchev–Trinajstić information content (AvgIpc) is 2.85. The number of hydrazone groups is 1. The summed E-state index contributed by atoms with van der Waals surface area (Å²) in [4.78, 5) is 12.1. The molecule has 0 fully saturated rings. The zero-order chi connectivity index (χ0) is 27.5. The van der Waals surface area contributed by atoms with Gasteiger partial charge in [0.25, 0.3) is 10.0 Å². The maximum atomic E-state index is 12.4. The molecule has 1 unspecified atom stereocenters. The van der Waals surface area contributed by atoms with Gasteiger partial charge < -0.3 is 15.9 Å². The van der Waals surface area contributed by atoms with Crippen LogP contribution < -0.4 is 20.6 Å². The van der Waals surface area contributed by atoms with Crippen LogP contribution in [0.4, 0.5) is 5.69 Å². The van der Waals surface area contributed by atoms with Crippen LogP contribution in [0.25, 0.3) is 0 Å². The van der Waals surface area contributed by atoms with Crippen LogP contribution in [0.1, 0.15) is 42.9 Å². The standard InChI is InChI=1S/C28H33ClN4O4S/c1-20-16-24(18-25(17-20)37-15-14-22-10-12-23(13-11-22)19-31-30)32-21(2)6-5-9-28(34)33-38(35,36)27-8-4-3-7-26(27)29/h3-4,7-8,10-13,16-19,21,32H,5-6,9,14-15,30H2,1-2H3,(H,33,34)/b31-19-. The van der Waals surface area contributed by atoms with Gasteiger partial charge in [-0.2, -0.15) is 5.10 Å². The van der Waals surface area contributed by atoms with Crippen LogP contribution in [0, 0.1) is 6.92 Å². The molecule has 10 heteroatoms. The number of rotatable bonds is 13. The number of aryl methyl sites for hydroxylation is 1. The van der Waals surface area contributed by atoms with E-state index in [1.165, 1.54) is 12.1 Å². The Morgan fingerprint density at radius 1 is 1.13 bits per heavy atom. The van der Waals surface area contributed by atoms with Gasteiger partial charge in [-0.3, -0.25) is 4.79 Å². The summed E-state index contributed by atoms with van der Waals surface area (Å²) in [5.41, 5.74) is 4.08. The lowest BCUT2D eigenvalue weighted by Gasteiger charge is -2.17. The number of nitrogens with zero attached hydrogens (tertiary/aromatic N) is 1. The van der Waals surface area contributed by atoms with Gasteiger partial charge in [0.1, 0.15) is 10.6 Å². The normalized spacial score (nSPS) is 12.3. The van der Waals surface area contributed by atoms with Gasteiger partial charge in [-0.1, -0.05) is 48.0 Å². The third-order valence-corrected chi connectivity index (χ3v) is 7.62. The van der Waals surface area contributed by atoms with Crippen molar-refractivity contribution < 1.29 is 17.9 Å². The Labute approximate surface area is 229 Å².